The van der Waals surface area contributed by atoms with E-state index in [-0.39, 0.29) is 5.91 Å². The molecule has 17 heavy (non-hydrogen) atoms. The van der Waals surface area contributed by atoms with E-state index in [0.717, 1.165) is 29.3 Å². The predicted octanol–water partition coefficient (Wildman–Crippen LogP) is 2.93. The Labute approximate surface area is 109 Å². The molecular weight excluding hydrogens is 280 g/mol. The number of hydrogen-bond donors (Lipinski definition) is 1. The van der Waals surface area contributed by atoms with E-state index in [1.807, 2.05) is 25.1 Å². The zero-order valence-corrected chi connectivity index (χ0v) is 11.2. The average Bonchev–Trinajstić information content (AvgIpc) is 2.26. The number of aryl methyl sites for hydroxylation is 1. The first-order valence-corrected chi connectivity index (χ1v) is 6.35. The molecule has 0 heterocycles. The molecular formula is C13H13BrN2O. The molecule has 4 heteroatoms. The van der Waals surface area contributed by atoms with Gasteiger partial charge >= 0.3 is 0 Å². The van der Waals surface area contributed by atoms with Crippen LogP contribution in [0, 0.1) is 18.3 Å². The summed E-state index contributed by atoms with van der Waals surface area (Å²) >= 11 is 3.36. The lowest BCUT2D eigenvalue weighted by Gasteiger charge is -2.35. The molecule has 1 saturated carbocycles. The summed E-state index contributed by atoms with van der Waals surface area (Å²) in [6.07, 6.45) is 2.50. The zero-order chi connectivity index (χ0) is 12.5. The van der Waals surface area contributed by atoms with Crippen LogP contribution in [0.15, 0.2) is 22.7 Å². The molecule has 0 aromatic heterocycles. The SMILES string of the molecule is Cc1ccc(Br)c(C(=O)NC2(C#N)CCC2)c1. The molecule has 0 bridgehead atoms. The van der Waals surface area contributed by atoms with E-state index in [2.05, 4.69) is 27.3 Å². The maximum Gasteiger partial charge on any atom is 0.253 e. The van der Waals surface area contributed by atoms with Crippen LogP contribution in [0.3, 0.4) is 0 Å². The number of nitrogens with zero attached hydrogens (tertiary/aromatic N) is 1. The third-order valence-electron chi connectivity index (χ3n) is 3.14. The van der Waals surface area contributed by atoms with Gasteiger partial charge in [-0.05, 0) is 54.2 Å². The van der Waals surface area contributed by atoms with E-state index in [9.17, 15) is 4.79 Å². The van der Waals surface area contributed by atoms with E-state index in [0.29, 0.717) is 5.56 Å². The minimum Gasteiger partial charge on any atom is -0.334 e. The molecule has 0 aliphatic heterocycles. The fourth-order valence-electron chi connectivity index (χ4n) is 1.89. The predicted molar refractivity (Wildman–Crippen MR) is 68.5 cm³/mol. The summed E-state index contributed by atoms with van der Waals surface area (Å²) in [5, 5.41) is 11.9. The molecule has 2 rings (SSSR count). The molecule has 3 nitrogen and oxygen atoms in total. The third-order valence-corrected chi connectivity index (χ3v) is 3.83. The molecule has 1 N–H and O–H groups in total. The highest BCUT2D eigenvalue weighted by Gasteiger charge is 2.38. The minimum absolute atomic E-state index is 0.179. The molecule has 1 aliphatic carbocycles. The number of halogens is 1. The number of nitrogens with one attached hydrogen (secondary N) is 1. The first-order valence-electron chi connectivity index (χ1n) is 5.56. The zero-order valence-electron chi connectivity index (χ0n) is 9.59. The van der Waals surface area contributed by atoms with Gasteiger partial charge in [0.05, 0.1) is 11.6 Å². The molecule has 0 atom stereocenters. The molecule has 0 unspecified atom stereocenters. The van der Waals surface area contributed by atoms with E-state index in [4.69, 9.17) is 5.26 Å². The van der Waals surface area contributed by atoms with Gasteiger partial charge < -0.3 is 5.32 Å². The normalized spacial score (nSPS) is 16.8. The Hall–Kier alpha value is -1.34. The number of nitriles is 1. The fraction of sp³-hybridized carbons (Fsp3) is 0.385. The van der Waals surface area contributed by atoms with Gasteiger partial charge in [0, 0.05) is 4.47 Å². The molecule has 0 radical (unpaired) electrons. The molecule has 1 aliphatic rings. The topological polar surface area (TPSA) is 52.9 Å². The van der Waals surface area contributed by atoms with Gasteiger partial charge in [-0.3, -0.25) is 4.79 Å². The van der Waals surface area contributed by atoms with Gasteiger partial charge in [0.25, 0.3) is 5.91 Å². The summed E-state index contributed by atoms with van der Waals surface area (Å²) in [5.41, 5.74) is 0.977. The molecule has 1 aromatic carbocycles. The highest BCUT2D eigenvalue weighted by Crippen LogP contribution is 2.31. The lowest BCUT2D eigenvalue weighted by atomic mass is 9.78. The summed E-state index contributed by atoms with van der Waals surface area (Å²) < 4.78 is 0.757. The van der Waals surface area contributed by atoms with Crippen molar-refractivity contribution < 1.29 is 4.79 Å². The smallest absolute Gasteiger partial charge is 0.253 e. The second kappa shape index (κ2) is 4.50. The van der Waals surface area contributed by atoms with Crippen LogP contribution in [0.5, 0.6) is 0 Å². The molecule has 1 amide bonds. The maximum atomic E-state index is 12.1. The Morgan fingerprint density at radius 3 is 2.76 bits per heavy atom. The van der Waals surface area contributed by atoms with Gasteiger partial charge in [0.15, 0.2) is 0 Å². The van der Waals surface area contributed by atoms with Crippen LogP contribution >= 0.6 is 15.9 Å². The minimum atomic E-state index is -0.639. The monoisotopic (exact) mass is 292 g/mol. The van der Waals surface area contributed by atoms with Gasteiger partial charge in [-0.25, -0.2) is 0 Å². The fourth-order valence-corrected chi connectivity index (χ4v) is 2.32. The molecule has 0 saturated heterocycles. The van der Waals surface area contributed by atoms with Crippen molar-refractivity contribution in [2.45, 2.75) is 31.7 Å². The number of hydrogen-bond acceptors (Lipinski definition) is 2. The third kappa shape index (κ3) is 2.34. The molecule has 88 valence electrons. The van der Waals surface area contributed by atoms with Gasteiger partial charge in [-0.15, -0.1) is 0 Å². The van der Waals surface area contributed by atoms with E-state index < -0.39 is 5.54 Å². The van der Waals surface area contributed by atoms with Crippen molar-refractivity contribution in [3.63, 3.8) is 0 Å². The van der Waals surface area contributed by atoms with Crippen molar-refractivity contribution >= 4 is 21.8 Å². The van der Waals surface area contributed by atoms with Crippen LogP contribution in [0.1, 0.15) is 35.2 Å². The summed E-state index contributed by atoms with van der Waals surface area (Å²) in [6.45, 7) is 1.94. The van der Waals surface area contributed by atoms with Crippen molar-refractivity contribution in [1.82, 2.24) is 5.32 Å². The Kier molecular flexibility index (Phi) is 3.21. The lowest BCUT2D eigenvalue weighted by Crippen LogP contribution is -2.52. The Morgan fingerprint density at radius 1 is 1.53 bits per heavy atom. The Morgan fingerprint density at radius 2 is 2.24 bits per heavy atom. The van der Waals surface area contributed by atoms with Crippen molar-refractivity contribution in [1.29, 1.82) is 5.26 Å². The lowest BCUT2D eigenvalue weighted by molar-refractivity contribution is 0.0880. The highest BCUT2D eigenvalue weighted by atomic mass is 79.9. The number of carbonyl (C=O) groups excluding carboxylic acids is 1. The van der Waals surface area contributed by atoms with Crippen LogP contribution < -0.4 is 5.32 Å². The summed E-state index contributed by atoms with van der Waals surface area (Å²) in [4.78, 5) is 12.1. The summed E-state index contributed by atoms with van der Waals surface area (Å²) in [7, 11) is 0. The Balaban J connectivity index is 2.20. The van der Waals surface area contributed by atoms with Crippen molar-refractivity contribution in [2.24, 2.45) is 0 Å². The maximum absolute atomic E-state index is 12.1. The van der Waals surface area contributed by atoms with E-state index in [1.165, 1.54) is 0 Å². The van der Waals surface area contributed by atoms with Crippen molar-refractivity contribution in [2.75, 3.05) is 0 Å². The molecule has 1 aromatic rings. The standard InChI is InChI=1S/C13H13BrN2O/c1-9-3-4-11(14)10(7-9)12(17)16-13(8-15)5-2-6-13/h3-4,7H,2,5-6H2,1H3,(H,16,17). The largest absolute Gasteiger partial charge is 0.334 e. The van der Waals surface area contributed by atoms with Gasteiger partial charge in [-0.1, -0.05) is 11.6 Å². The number of carbonyl (C=O) groups is 1. The van der Waals surface area contributed by atoms with Crippen LogP contribution in [0.2, 0.25) is 0 Å². The number of rotatable bonds is 2. The van der Waals surface area contributed by atoms with Crippen LogP contribution in [0.25, 0.3) is 0 Å². The second-order valence-electron chi connectivity index (χ2n) is 4.48. The number of benzene rings is 1. The average molecular weight is 293 g/mol. The van der Waals surface area contributed by atoms with E-state index in [1.54, 1.807) is 0 Å². The molecule has 1 fully saturated rings. The first kappa shape index (κ1) is 12.1. The van der Waals surface area contributed by atoms with E-state index >= 15 is 0 Å². The van der Waals surface area contributed by atoms with Gasteiger partial charge in [0.1, 0.15) is 5.54 Å². The molecule has 0 spiro atoms. The van der Waals surface area contributed by atoms with Gasteiger partial charge in [0.2, 0.25) is 0 Å². The van der Waals surface area contributed by atoms with Crippen LogP contribution in [0.4, 0.5) is 0 Å². The number of amides is 1. The van der Waals surface area contributed by atoms with Crippen molar-refractivity contribution in [3.8, 4) is 6.07 Å². The summed E-state index contributed by atoms with van der Waals surface area (Å²) in [6, 6.07) is 7.81. The Bertz CT molecular complexity index is 501. The van der Waals surface area contributed by atoms with Crippen LogP contribution in [-0.2, 0) is 0 Å². The second-order valence-corrected chi connectivity index (χ2v) is 5.34. The summed E-state index contributed by atoms with van der Waals surface area (Å²) in [5.74, 6) is -0.179. The van der Waals surface area contributed by atoms with Crippen molar-refractivity contribution in [3.05, 3.63) is 33.8 Å². The van der Waals surface area contributed by atoms with Gasteiger partial charge in [-0.2, -0.15) is 5.26 Å². The quantitative estimate of drug-likeness (QED) is 0.911. The highest BCUT2D eigenvalue weighted by molar-refractivity contribution is 9.10. The van der Waals surface area contributed by atoms with Crippen LogP contribution in [-0.4, -0.2) is 11.4 Å². The first-order chi connectivity index (χ1) is 8.06.